The molecule has 1 aromatic rings. The van der Waals surface area contributed by atoms with E-state index in [-0.39, 0.29) is 11.7 Å². The van der Waals surface area contributed by atoms with Crippen LogP contribution in [0, 0.1) is 11.7 Å². The molecule has 1 heterocycles. The van der Waals surface area contributed by atoms with Crippen LogP contribution in [-0.2, 0) is 9.53 Å². The molecule has 3 nitrogen and oxygen atoms in total. The smallest absolute Gasteiger partial charge is 0.224 e. The average molecular weight is 237 g/mol. The predicted molar refractivity (Wildman–Crippen MR) is 63.2 cm³/mol. The molecular formula is C13H16FNO2. The standard InChI is InChI=1S/C13H16FNO2/c14-11-1-3-12(4-2-11)15-13(16)9-10-5-7-17-8-6-10/h1-4,10H,5-9H2,(H,15,16). The molecule has 0 saturated carbocycles. The predicted octanol–water partition coefficient (Wildman–Crippen LogP) is 2.58. The van der Waals surface area contributed by atoms with Gasteiger partial charge in [0, 0.05) is 25.3 Å². The van der Waals surface area contributed by atoms with E-state index in [1.54, 1.807) is 12.1 Å². The summed E-state index contributed by atoms with van der Waals surface area (Å²) in [6, 6.07) is 5.81. The first-order valence-electron chi connectivity index (χ1n) is 5.87. The van der Waals surface area contributed by atoms with Gasteiger partial charge in [0.15, 0.2) is 0 Å². The van der Waals surface area contributed by atoms with Gasteiger partial charge in [0.2, 0.25) is 5.91 Å². The van der Waals surface area contributed by atoms with Gasteiger partial charge in [-0.15, -0.1) is 0 Å². The van der Waals surface area contributed by atoms with Gasteiger partial charge in [0.25, 0.3) is 0 Å². The maximum absolute atomic E-state index is 12.7. The lowest BCUT2D eigenvalue weighted by Crippen LogP contribution is -2.22. The van der Waals surface area contributed by atoms with Gasteiger partial charge in [-0.2, -0.15) is 0 Å². The second-order valence-electron chi connectivity index (χ2n) is 4.31. The minimum atomic E-state index is -0.299. The Labute approximate surface area is 100.0 Å². The summed E-state index contributed by atoms with van der Waals surface area (Å²) in [4.78, 5) is 11.7. The molecular weight excluding hydrogens is 221 g/mol. The molecule has 1 aliphatic heterocycles. The van der Waals surface area contributed by atoms with Gasteiger partial charge in [-0.1, -0.05) is 0 Å². The van der Waals surface area contributed by atoms with E-state index in [2.05, 4.69) is 5.32 Å². The largest absolute Gasteiger partial charge is 0.381 e. The number of benzene rings is 1. The van der Waals surface area contributed by atoms with Crippen molar-refractivity contribution in [3.63, 3.8) is 0 Å². The van der Waals surface area contributed by atoms with Crippen molar-refractivity contribution in [3.8, 4) is 0 Å². The molecule has 2 rings (SSSR count). The van der Waals surface area contributed by atoms with Crippen molar-refractivity contribution in [3.05, 3.63) is 30.1 Å². The van der Waals surface area contributed by atoms with Crippen LogP contribution < -0.4 is 5.32 Å². The first-order chi connectivity index (χ1) is 8.24. The van der Waals surface area contributed by atoms with E-state index in [0.29, 0.717) is 18.0 Å². The van der Waals surface area contributed by atoms with E-state index in [4.69, 9.17) is 4.74 Å². The number of carbonyl (C=O) groups is 1. The van der Waals surface area contributed by atoms with Crippen LogP contribution in [0.2, 0.25) is 0 Å². The van der Waals surface area contributed by atoms with Crippen molar-refractivity contribution >= 4 is 11.6 Å². The van der Waals surface area contributed by atoms with E-state index in [9.17, 15) is 9.18 Å². The molecule has 92 valence electrons. The Kier molecular flexibility index (Phi) is 4.09. The molecule has 0 atom stereocenters. The van der Waals surface area contributed by atoms with Gasteiger partial charge >= 0.3 is 0 Å². The molecule has 0 aromatic heterocycles. The molecule has 0 spiro atoms. The van der Waals surface area contributed by atoms with Crippen LogP contribution in [0.4, 0.5) is 10.1 Å². The zero-order valence-electron chi connectivity index (χ0n) is 9.62. The molecule has 1 fully saturated rings. The molecule has 0 aliphatic carbocycles. The van der Waals surface area contributed by atoms with Gasteiger partial charge in [-0.05, 0) is 43.0 Å². The summed E-state index contributed by atoms with van der Waals surface area (Å²) in [5.41, 5.74) is 0.642. The summed E-state index contributed by atoms with van der Waals surface area (Å²) in [6.45, 7) is 1.49. The van der Waals surface area contributed by atoms with E-state index >= 15 is 0 Å². The Bertz CT molecular complexity index is 372. The van der Waals surface area contributed by atoms with Crippen molar-refractivity contribution in [1.29, 1.82) is 0 Å². The third kappa shape index (κ3) is 3.82. The van der Waals surface area contributed by atoms with Crippen LogP contribution in [0.15, 0.2) is 24.3 Å². The maximum Gasteiger partial charge on any atom is 0.224 e. The highest BCUT2D eigenvalue weighted by Crippen LogP contribution is 2.19. The van der Waals surface area contributed by atoms with Gasteiger partial charge in [-0.3, -0.25) is 4.79 Å². The molecule has 1 saturated heterocycles. The van der Waals surface area contributed by atoms with E-state index in [1.165, 1.54) is 12.1 Å². The molecule has 0 bridgehead atoms. The lowest BCUT2D eigenvalue weighted by atomic mass is 9.96. The SMILES string of the molecule is O=C(CC1CCOCC1)Nc1ccc(F)cc1. The highest BCUT2D eigenvalue weighted by Gasteiger charge is 2.17. The number of hydrogen-bond donors (Lipinski definition) is 1. The zero-order valence-corrected chi connectivity index (χ0v) is 9.62. The fraction of sp³-hybridized carbons (Fsp3) is 0.462. The fourth-order valence-electron chi connectivity index (χ4n) is 1.96. The van der Waals surface area contributed by atoms with Crippen LogP contribution in [0.25, 0.3) is 0 Å². The van der Waals surface area contributed by atoms with Crippen LogP contribution in [-0.4, -0.2) is 19.1 Å². The molecule has 0 unspecified atom stereocenters. The first-order valence-corrected chi connectivity index (χ1v) is 5.87. The maximum atomic E-state index is 12.7. The van der Waals surface area contributed by atoms with Gasteiger partial charge in [0.1, 0.15) is 5.82 Å². The second-order valence-corrected chi connectivity index (χ2v) is 4.31. The van der Waals surface area contributed by atoms with Gasteiger partial charge in [0.05, 0.1) is 0 Å². The number of amides is 1. The third-order valence-electron chi connectivity index (χ3n) is 2.94. The molecule has 17 heavy (non-hydrogen) atoms. The first kappa shape index (κ1) is 12.0. The second kappa shape index (κ2) is 5.77. The number of rotatable bonds is 3. The normalized spacial score (nSPS) is 16.8. The summed E-state index contributed by atoms with van der Waals surface area (Å²) in [7, 11) is 0. The molecule has 0 radical (unpaired) electrons. The molecule has 4 heteroatoms. The van der Waals surface area contributed by atoms with Crippen LogP contribution >= 0.6 is 0 Å². The van der Waals surface area contributed by atoms with Crippen molar-refractivity contribution < 1.29 is 13.9 Å². The summed E-state index contributed by atoms with van der Waals surface area (Å²) >= 11 is 0. The van der Waals surface area contributed by atoms with Gasteiger partial charge < -0.3 is 10.1 Å². The monoisotopic (exact) mass is 237 g/mol. The number of halogens is 1. The summed E-state index contributed by atoms with van der Waals surface area (Å²) < 4.78 is 17.9. The van der Waals surface area contributed by atoms with E-state index < -0.39 is 0 Å². The minimum Gasteiger partial charge on any atom is -0.381 e. The molecule has 1 amide bonds. The van der Waals surface area contributed by atoms with E-state index in [0.717, 1.165) is 26.1 Å². The Morgan fingerprint density at radius 2 is 1.94 bits per heavy atom. The number of hydrogen-bond acceptors (Lipinski definition) is 2. The topological polar surface area (TPSA) is 38.3 Å². The van der Waals surface area contributed by atoms with E-state index in [1.807, 2.05) is 0 Å². The van der Waals surface area contributed by atoms with Crippen molar-refractivity contribution in [2.45, 2.75) is 19.3 Å². The Morgan fingerprint density at radius 1 is 1.29 bits per heavy atom. The lowest BCUT2D eigenvalue weighted by Gasteiger charge is -2.21. The number of anilines is 1. The highest BCUT2D eigenvalue weighted by molar-refractivity contribution is 5.90. The number of carbonyl (C=O) groups excluding carboxylic acids is 1. The summed E-state index contributed by atoms with van der Waals surface area (Å²) in [6.07, 6.45) is 2.40. The number of ether oxygens (including phenoxy) is 1. The summed E-state index contributed by atoms with van der Waals surface area (Å²) in [5, 5.41) is 2.77. The molecule has 1 aliphatic rings. The third-order valence-corrected chi connectivity index (χ3v) is 2.94. The molecule has 1 N–H and O–H groups in total. The van der Waals surface area contributed by atoms with Crippen LogP contribution in [0.1, 0.15) is 19.3 Å². The zero-order chi connectivity index (χ0) is 12.1. The Hall–Kier alpha value is -1.42. The summed E-state index contributed by atoms with van der Waals surface area (Å²) in [5.74, 6) is 0.0973. The van der Waals surface area contributed by atoms with Crippen molar-refractivity contribution in [2.75, 3.05) is 18.5 Å². The minimum absolute atomic E-state index is 0.0106. The van der Waals surface area contributed by atoms with Crippen LogP contribution in [0.5, 0.6) is 0 Å². The number of nitrogens with one attached hydrogen (secondary N) is 1. The van der Waals surface area contributed by atoms with Crippen molar-refractivity contribution in [1.82, 2.24) is 0 Å². The highest BCUT2D eigenvalue weighted by atomic mass is 19.1. The average Bonchev–Trinajstić information content (AvgIpc) is 2.33. The molecule has 1 aromatic carbocycles. The van der Waals surface area contributed by atoms with Gasteiger partial charge in [-0.25, -0.2) is 4.39 Å². The fourth-order valence-corrected chi connectivity index (χ4v) is 1.96. The van der Waals surface area contributed by atoms with Crippen molar-refractivity contribution in [2.24, 2.45) is 5.92 Å². The quantitative estimate of drug-likeness (QED) is 0.877. The lowest BCUT2D eigenvalue weighted by molar-refractivity contribution is -0.117. The Morgan fingerprint density at radius 3 is 2.59 bits per heavy atom. The van der Waals surface area contributed by atoms with Crippen LogP contribution in [0.3, 0.4) is 0 Å². The Balaban J connectivity index is 1.82.